The van der Waals surface area contributed by atoms with Crippen molar-refractivity contribution >= 4 is 17.7 Å². The fourth-order valence-corrected chi connectivity index (χ4v) is 1.76. The number of amides is 1. The number of likely N-dealkylation sites (tertiary alicyclic amines) is 1. The summed E-state index contributed by atoms with van der Waals surface area (Å²) in [6.45, 7) is 3.28. The molecule has 1 fully saturated rings. The molecule has 4 nitrogen and oxygen atoms in total. The van der Waals surface area contributed by atoms with Crippen LogP contribution in [0.25, 0.3) is 0 Å². The van der Waals surface area contributed by atoms with Crippen LogP contribution in [0.15, 0.2) is 0 Å². The number of alkyl halides is 1. The average molecular weight is 222 g/mol. The van der Waals surface area contributed by atoms with Crippen molar-refractivity contribution in [2.45, 2.75) is 25.4 Å². The van der Waals surface area contributed by atoms with E-state index in [9.17, 15) is 4.79 Å². The number of halogens is 1. The van der Waals surface area contributed by atoms with E-state index in [-0.39, 0.29) is 17.8 Å². The summed E-state index contributed by atoms with van der Waals surface area (Å²) >= 11 is 5.32. The first kappa shape index (κ1) is 11.6. The molecule has 1 aliphatic heterocycles. The molecule has 1 heterocycles. The van der Waals surface area contributed by atoms with E-state index in [0.29, 0.717) is 13.1 Å². The van der Waals surface area contributed by atoms with Crippen LogP contribution in [0.2, 0.25) is 0 Å². The third-order valence-corrected chi connectivity index (χ3v) is 2.70. The van der Waals surface area contributed by atoms with Crippen molar-refractivity contribution in [2.75, 3.05) is 26.3 Å². The molecule has 14 heavy (non-hydrogen) atoms. The summed E-state index contributed by atoms with van der Waals surface area (Å²) in [6.07, 6.45) is 1.54. The molecular weight excluding hydrogens is 206 g/mol. The lowest BCUT2D eigenvalue weighted by Gasteiger charge is -2.38. The van der Waals surface area contributed by atoms with Crippen molar-refractivity contribution in [3.8, 4) is 0 Å². The minimum absolute atomic E-state index is 0.0982. The Balaban J connectivity index is 2.51. The Morgan fingerprint density at radius 3 is 2.93 bits per heavy atom. The van der Waals surface area contributed by atoms with Crippen LogP contribution >= 0.6 is 11.6 Å². The SMILES string of the molecule is COC1(C)CCCN(C(=O)OCCl)C1. The number of piperidine rings is 1. The second-order valence-electron chi connectivity index (χ2n) is 3.70. The molecular formula is C9H16ClNO3. The number of ether oxygens (including phenoxy) is 2. The van der Waals surface area contributed by atoms with Gasteiger partial charge in [-0.05, 0) is 19.8 Å². The molecule has 1 saturated heterocycles. The number of carbonyl (C=O) groups excluding carboxylic acids is 1. The largest absolute Gasteiger partial charge is 0.433 e. The summed E-state index contributed by atoms with van der Waals surface area (Å²) in [6, 6.07) is -0.0982. The molecule has 0 aliphatic carbocycles. The molecule has 1 rings (SSSR count). The van der Waals surface area contributed by atoms with E-state index in [4.69, 9.17) is 21.1 Å². The van der Waals surface area contributed by atoms with Crippen molar-refractivity contribution < 1.29 is 14.3 Å². The summed E-state index contributed by atoms with van der Waals surface area (Å²) in [5.74, 6) is 0. The van der Waals surface area contributed by atoms with Crippen LogP contribution in [0.1, 0.15) is 19.8 Å². The standard InChI is InChI=1S/C9H16ClNO3/c1-9(13-2)4-3-5-11(6-9)8(12)14-7-10/h3-7H2,1-2H3. The molecule has 0 radical (unpaired) electrons. The summed E-state index contributed by atoms with van der Waals surface area (Å²) in [5.41, 5.74) is -0.246. The Morgan fingerprint density at radius 2 is 2.36 bits per heavy atom. The van der Waals surface area contributed by atoms with Gasteiger partial charge < -0.3 is 14.4 Å². The second-order valence-corrected chi connectivity index (χ2v) is 3.92. The second kappa shape index (κ2) is 4.84. The van der Waals surface area contributed by atoms with E-state index in [1.54, 1.807) is 12.0 Å². The Kier molecular flexibility index (Phi) is 4.01. The number of hydrogen-bond donors (Lipinski definition) is 0. The van der Waals surface area contributed by atoms with Gasteiger partial charge in [-0.2, -0.15) is 0 Å². The van der Waals surface area contributed by atoms with Crippen molar-refractivity contribution in [1.29, 1.82) is 0 Å². The van der Waals surface area contributed by atoms with E-state index in [1.165, 1.54) is 0 Å². The molecule has 82 valence electrons. The summed E-state index contributed by atoms with van der Waals surface area (Å²) in [5, 5.41) is 0. The lowest BCUT2D eigenvalue weighted by Crippen LogP contribution is -2.49. The van der Waals surface area contributed by atoms with Crippen molar-refractivity contribution in [3.63, 3.8) is 0 Å². The Bertz CT molecular complexity index is 212. The lowest BCUT2D eigenvalue weighted by atomic mass is 9.95. The maximum absolute atomic E-state index is 11.4. The zero-order valence-corrected chi connectivity index (χ0v) is 9.34. The Labute approximate surface area is 89.1 Å². The third-order valence-electron chi connectivity index (χ3n) is 2.59. The highest BCUT2D eigenvalue weighted by Crippen LogP contribution is 2.24. The monoisotopic (exact) mass is 221 g/mol. The van der Waals surface area contributed by atoms with Crippen LogP contribution in [0.3, 0.4) is 0 Å². The molecule has 1 unspecified atom stereocenters. The minimum Gasteiger partial charge on any atom is -0.433 e. The van der Waals surface area contributed by atoms with Crippen LogP contribution in [0.5, 0.6) is 0 Å². The molecule has 0 aromatic heterocycles. The van der Waals surface area contributed by atoms with E-state index >= 15 is 0 Å². The van der Waals surface area contributed by atoms with Crippen molar-refractivity contribution in [2.24, 2.45) is 0 Å². The smallest absolute Gasteiger partial charge is 0.411 e. The summed E-state index contributed by atoms with van der Waals surface area (Å²) in [7, 11) is 1.66. The van der Waals surface area contributed by atoms with Gasteiger partial charge in [-0.1, -0.05) is 11.6 Å². The fraction of sp³-hybridized carbons (Fsp3) is 0.889. The molecule has 1 aliphatic rings. The number of methoxy groups -OCH3 is 1. The fourth-order valence-electron chi connectivity index (χ4n) is 1.67. The first-order valence-corrected chi connectivity index (χ1v) is 5.17. The Hall–Kier alpha value is -0.480. The van der Waals surface area contributed by atoms with Gasteiger partial charge in [-0.3, -0.25) is 0 Å². The van der Waals surface area contributed by atoms with E-state index in [1.807, 2.05) is 6.92 Å². The van der Waals surface area contributed by atoms with Gasteiger partial charge >= 0.3 is 6.09 Å². The molecule has 0 aromatic carbocycles. The van der Waals surface area contributed by atoms with Crippen LogP contribution in [-0.4, -0.2) is 42.9 Å². The van der Waals surface area contributed by atoms with Crippen LogP contribution in [0.4, 0.5) is 4.79 Å². The number of rotatable bonds is 2. The number of nitrogens with zero attached hydrogens (tertiary/aromatic N) is 1. The van der Waals surface area contributed by atoms with Crippen molar-refractivity contribution in [3.05, 3.63) is 0 Å². The minimum atomic E-state index is -0.358. The predicted octanol–water partition coefficient (Wildman–Crippen LogP) is 1.82. The maximum atomic E-state index is 11.4. The summed E-state index contributed by atoms with van der Waals surface area (Å²) in [4.78, 5) is 13.0. The third kappa shape index (κ3) is 2.75. The van der Waals surface area contributed by atoms with E-state index < -0.39 is 0 Å². The lowest BCUT2D eigenvalue weighted by molar-refractivity contribution is -0.0470. The molecule has 1 atom stereocenters. The molecule has 5 heteroatoms. The van der Waals surface area contributed by atoms with Gasteiger partial charge in [0.2, 0.25) is 0 Å². The molecule has 0 aromatic rings. The highest BCUT2D eigenvalue weighted by molar-refractivity contribution is 6.17. The normalized spacial score (nSPS) is 27.5. The van der Waals surface area contributed by atoms with Gasteiger partial charge in [0.25, 0.3) is 0 Å². The van der Waals surface area contributed by atoms with Gasteiger partial charge in [0.05, 0.1) is 12.1 Å². The van der Waals surface area contributed by atoms with Gasteiger partial charge in [0, 0.05) is 13.7 Å². The zero-order valence-electron chi connectivity index (χ0n) is 8.59. The van der Waals surface area contributed by atoms with Gasteiger partial charge in [0.15, 0.2) is 6.07 Å². The zero-order chi connectivity index (χ0) is 10.6. The predicted molar refractivity (Wildman–Crippen MR) is 53.4 cm³/mol. The molecule has 0 spiro atoms. The number of carbonyl (C=O) groups is 1. The average Bonchev–Trinajstić information content (AvgIpc) is 2.18. The maximum Gasteiger partial charge on any atom is 0.411 e. The number of hydrogen-bond acceptors (Lipinski definition) is 3. The van der Waals surface area contributed by atoms with Gasteiger partial charge in [-0.15, -0.1) is 0 Å². The van der Waals surface area contributed by atoms with Crippen molar-refractivity contribution in [1.82, 2.24) is 4.90 Å². The molecule has 0 saturated carbocycles. The highest BCUT2D eigenvalue weighted by atomic mass is 35.5. The van der Waals surface area contributed by atoms with E-state index in [2.05, 4.69) is 0 Å². The van der Waals surface area contributed by atoms with Crippen LogP contribution < -0.4 is 0 Å². The highest BCUT2D eigenvalue weighted by Gasteiger charge is 2.33. The van der Waals surface area contributed by atoms with Gasteiger partial charge in [0.1, 0.15) is 0 Å². The summed E-state index contributed by atoms with van der Waals surface area (Å²) < 4.78 is 10.1. The topological polar surface area (TPSA) is 38.8 Å². The van der Waals surface area contributed by atoms with Crippen LogP contribution in [0, 0.1) is 0 Å². The first-order chi connectivity index (χ1) is 6.61. The molecule has 0 N–H and O–H groups in total. The van der Waals surface area contributed by atoms with Crippen LogP contribution in [-0.2, 0) is 9.47 Å². The molecule has 0 bridgehead atoms. The first-order valence-electron chi connectivity index (χ1n) is 4.64. The molecule has 1 amide bonds. The van der Waals surface area contributed by atoms with Gasteiger partial charge in [-0.25, -0.2) is 4.79 Å². The van der Waals surface area contributed by atoms with E-state index in [0.717, 1.165) is 12.8 Å². The Morgan fingerprint density at radius 1 is 1.64 bits per heavy atom. The quantitative estimate of drug-likeness (QED) is 0.668.